The molecule has 13 heavy (non-hydrogen) atoms. The summed E-state index contributed by atoms with van der Waals surface area (Å²) in [4.78, 5) is 0. The molecule has 0 aliphatic carbocycles. The molecule has 0 fully saturated rings. The maximum absolute atomic E-state index is 9.32. The first-order valence-corrected chi connectivity index (χ1v) is 4.89. The first-order valence-electron chi connectivity index (χ1n) is 4.89. The highest BCUT2D eigenvalue weighted by Gasteiger charge is 2.05. The first-order chi connectivity index (χ1) is 5.95. The lowest BCUT2D eigenvalue weighted by atomic mass is 10.1. The molecule has 0 aromatic heterocycles. The fraction of sp³-hybridized carbons (Fsp3) is 0.667. The molecular formula is C12H20O. The van der Waals surface area contributed by atoms with Gasteiger partial charge in [0.05, 0.1) is 0 Å². The van der Waals surface area contributed by atoms with E-state index in [1.807, 2.05) is 0 Å². The number of hydrogen-bond donors (Lipinski definition) is 1. The van der Waals surface area contributed by atoms with Crippen molar-refractivity contribution in [3.05, 3.63) is 12.2 Å². The topological polar surface area (TPSA) is 20.2 Å². The van der Waals surface area contributed by atoms with Crippen LogP contribution in [-0.4, -0.2) is 10.7 Å². The monoisotopic (exact) mass is 180 g/mol. The molecule has 0 rings (SSSR count). The second-order valence-electron chi connectivity index (χ2n) is 3.87. The number of rotatable bonds is 4. The van der Waals surface area contributed by atoms with E-state index in [0.717, 1.165) is 18.4 Å². The van der Waals surface area contributed by atoms with Crippen LogP contribution in [0.5, 0.6) is 0 Å². The van der Waals surface area contributed by atoms with Crippen LogP contribution >= 0.6 is 0 Å². The highest BCUT2D eigenvalue weighted by atomic mass is 16.3. The van der Waals surface area contributed by atoms with Gasteiger partial charge in [-0.3, -0.25) is 0 Å². The first kappa shape index (κ1) is 12.3. The standard InChI is InChI=1S/C12H20O/c1-5-6-7-8-11(2)9-10-12(3,4)13/h13H,2,5-8H2,1,3-4H3. The molecule has 74 valence electrons. The summed E-state index contributed by atoms with van der Waals surface area (Å²) in [5, 5.41) is 9.32. The Morgan fingerprint density at radius 3 is 2.46 bits per heavy atom. The molecule has 1 heteroatoms. The number of unbranched alkanes of at least 4 members (excludes halogenated alkanes) is 2. The molecule has 0 heterocycles. The van der Waals surface area contributed by atoms with Crippen LogP contribution in [0.25, 0.3) is 0 Å². The molecule has 0 saturated heterocycles. The minimum Gasteiger partial charge on any atom is -0.378 e. The Hall–Kier alpha value is -0.740. The van der Waals surface area contributed by atoms with Crippen molar-refractivity contribution in [1.82, 2.24) is 0 Å². The molecule has 1 N–H and O–H groups in total. The van der Waals surface area contributed by atoms with Gasteiger partial charge in [0.15, 0.2) is 0 Å². The zero-order chi connectivity index (χ0) is 10.3. The molecule has 0 amide bonds. The van der Waals surface area contributed by atoms with E-state index in [2.05, 4.69) is 25.3 Å². The quantitative estimate of drug-likeness (QED) is 0.521. The van der Waals surface area contributed by atoms with Crippen LogP contribution in [-0.2, 0) is 0 Å². The lowest BCUT2D eigenvalue weighted by Crippen LogP contribution is -2.14. The second kappa shape index (κ2) is 5.83. The van der Waals surface area contributed by atoms with Crippen molar-refractivity contribution >= 4 is 0 Å². The summed E-state index contributed by atoms with van der Waals surface area (Å²) in [7, 11) is 0. The largest absolute Gasteiger partial charge is 0.378 e. The molecule has 0 unspecified atom stereocenters. The van der Waals surface area contributed by atoms with Crippen LogP contribution in [0.2, 0.25) is 0 Å². The van der Waals surface area contributed by atoms with Crippen LogP contribution < -0.4 is 0 Å². The predicted molar refractivity (Wildman–Crippen MR) is 57.4 cm³/mol. The minimum absolute atomic E-state index is 0.895. The van der Waals surface area contributed by atoms with Gasteiger partial charge in [-0.05, 0) is 32.3 Å². The summed E-state index contributed by atoms with van der Waals surface area (Å²) in [5.41, 5.74) is 0.0313. The van der Waals surface area contributed by atoms with E-state index in [4.69, 9.17) is 0 Å². The van der Waals surface area contributed by atoms with Crippen molar-refractivity contribution in [3.8, 4) is 11.8 Å². The zero-order valence-corrected chi connectivity index (χ0v) is 8.98. The predicted octanol–water partition coefficient (Wildman–Crippen LogP) is 2.90. The van der Waals surface area contributed by atoms with E-state index in [1.54, 1.807) is 13.8 Å². The lowest BCUT2D eigenvalue weighted by Gasteiger charge is -2.06. The number of hydrogen-bond acceptors (Lipinski definition) is 1. The Labute approximate surface area is 81.9 Å². The van der Waals surface area contributed by atoms with Gasteiger partial charge in [-0.15, -0.1) is 0 Å². The average molecular weight is 180 g/mol. The molecule has 0 spiro atoms. The van der Waals surface area contributed by atoms with Gasteiger partial charge in [-0.25, -0.2) is 0 Å². The highest BCUT2D eigenvalue weighted by molar-refractivity contribution is 5.28. The van der Waals surface area contributed by atoms with Crippen LogP contribution in [0, 0.1) is 11.8 Å². The van der Waals surface area contributed by atoms with Crippen molar-refractivity contribution in [1.29, 1.82) is 0 Å². The molecular weight excluding hydrogens is 160 g/mol. The Morgan fingerprint density at radius 1 is 1.38 bits per heavy atom. The zero-order valence-electron chi connectivity index (χ0n) is 8.98. The normalized spacial score (nSPS) is 10.5. The number of aliphatic hydroxyl groups is 1. The summed E-state index contributed by atoms with van der Waals surface area (Å²) in [5.74, 6) is 5.64. The smallest absolute Gasteiger partial charge is 0.120 e. The highest BCUT2D eigenvalue weighted by Crippen LogP contribution is 2.06. The molecule has 1 nitrogen and oxygen atoms in total. The number of allylic oxidation sites excluding steroid dienone is 1. The Bertz CT molecular complexity index is 210. The van der Waals surface area contributed by atoms with E-state index >= 15 is 0 Å². The molecule has 0 radical (unpaired) electrons. The summed E-state index contributed by atoms with van der Waals surface area (Å²) >= 11 is 0. The lowest BCUT2D eigenvalue weighted by molar-refractivity contribution is 0.143. The Kier molecular flexibility index (Phi) is 5.50. The fourth-order valence-corrected chi connectivity index (χ4v) is 0.892. The van der Waals surface area contributed by atoms with E-state index in [1.165, 1.54) is 12.8 Å². The molecule has 0 aliphatic heterocycles. The molecule has 0 saturated carbocycles. The van der Waals surface area contributed by atoms with Crippen LogP contribution in [0.3, 0.4) is 0 Å². The molecule has 0 aromatic rings. The minimum atomic E-state index is -0.895. The van der Waals surface area contributed by atoms with Gasteiger partial charge in [0.25, 0.3) is 0 Å². The van der Waals surface area contributed by atoms with Crippen LogP contribution in [0.1, 0.15) is 46.5 Å². The average Bonchev–Trinajstić information content (AvgIpc) is 2.00. The van der Waals surface area contributed by atoms with Crippen molar-refractivity contribution in [3.63, 3.8) is 0 Å². The summed E-state index contributed by atoms with van der Waals surface area (Å²) in [6.45, 7) is 9.38. The van der Waals surface area contributed by atoms with Crippen LogP contribution in [0.15, 0.2) is 12.2 Å². The maximum atomic E-state index is 9.32. The van der Waals surface area contributed by atoms with Gasteiger partial charge in [-0.2, -0.15) is 0 Å². The van der Waals surface area contributed by atoms with Crippen molar-refractivity contribution in [2.24, 2.45) is 0 Å². The van der Waals surface area contributed by atoms with Gasteiger partial charge in [-0.1, -0.05) is 38.2 Å². The molecule has 0 aliphatic rings. The molecule has 0 aromatic carbocycles. The SMILES string of the molecule is C=C(C#CC(C)(C)O)CCCCC. The van der Waals surface area contributed by atoms with Crippen molar-refractivity contribution in [2.75, 3.05) is 0 Å². The summed E-state index contributed by atoms with van der Waals surface area (Å²) in [6, 6.07) is 0. The van der Waals surface area contributed by atoms with Crippen LogP contribution in [0.4, 0.5) is 0 Å². The summed E-state index contributed by atoms with van der Waals surface area (Å²) in [6.07, 6.45) is 4.54. The van der Waals surface area contributed by atoms with Crippen molar-refractivity contribution in [2.45, 2.75) is 52.1 Å². The Morgan fingerprint density at radius 2 is 2.00 bits per heavy atom. The second-order valence-corrected chi connectivity index (χ2v) is 3.87. The van der Waals surface area contributed by atoms with Gasteiger partial charge in [0.1, 0.15) is 5.60 Å². The van der Waals surface area contributed by atoms with Crippen molar-refractivity contribution < 1.29 is 5.11 Å². The van der Waals surface area contributed by atoms with Gasteiger partial charge in [0.2, 0.25) is 0 Å². The van der Waals surface area contributed by atoms with Gasteiger partial charge < -0.3 is 5.11 Å². The molecule has 0 bridgehead atoms. The molecule has 0 atom stereocenters. The van der Waals surface area contributed by atoms with Gasteiger partial charge in [0, 0.05) is 0 Å². The third kappa shape index (κ3) is 9.17. The maximum Gasteiger partial charge on any atom is 0.120 e. The third-order valence-electron chi connectivity index (χ3n) is 1.63. The third-order valence-corrected chi connectivity index (χ3v) is 1.63. The Balaban J connectivity index is 3.78. The van der Waals surface area contributed by atoms with E-state index in [-0.39, 0.29) is 0 Å². The van der Waals surface area contributed by atoms with E-state index < -0.39 is 5.60 Å². The fourth-order valence-electron chi connectivity index (χ4n) is 0.892. The van der Waals surface area contributed by atoms with Gasteiger partial charge >= 0.3 is 0 Å². The van der Waals surface area contributed by atoms with E-state index in [9.17, 15) is 5.11 Å². The van der Waals surface area contributed by atoms with E-state index in [0.29, 0.717) is 0 Å². The summed E-state index contributed by atoms with van der Waals surface area (Å²) < 4.78 is 0.